The maximum Gasteiger partial charge on any atom is 0.408 e. The molecule has 0 aliphatic carbocycles. The third-order valence-corrected chi connectivity index (χ3v) is 9.21. The first-order valence-electron chi connectivity index (χ1n) is 18.6. The number of hydrogen-bond donors (Lipinski definition) is 4. The first-order valence-corrected chi connectivity index (χ1v) is 18.6. The molecule has 1 aliphatic heterocycles. The fourth-order valence-electron chi connectivity index (χ4n) is 6.22. The Labute approximate surface area is 322 Å². The van der Waals surface area contributed by atoms with Gasteiger partial charge in [0.2, 0.25) is 11.8 Å². The van der Waals surface area contributed by atoms with E-state index in [0.29, 0.717) is 24.2 Å². The third-order valence-electron chi connectivity index (χ3n) is 9.21. The van der Waals surface area contributed by atoms with E-state index in [1.54, 1.807) is 48.8 Å². The van der Waals surface area contributed by atoms with Crippen LogP contribution in [0.25, 0.3) is 0 Å². The third kappa shape index (κ3) is 12.6. The zero-order valence-electron chi connectivity index (χ0n) is 31.6. The average molecular weight is 751 g/mol. The second-order valence-electron chi connectivity index (χ2n) is 14.2. The Hall–Kier alpha value is -5.82. The summed E-state index contributed by atoms with van der Waals surface area (Å²) in [5.74, 6) is -1.32. The molecule has 6 atom stereocenters. The molecule has 3 heterocycles. The van der Waals surface area contributed by atoms with Gasteiger partial charge in [0.25, 0.3) is 0 Å². The lowest BCUT2D eigenvalue weighted by Gasteiger charge is -2.26. The van der Waals surface area contributed by atoms with Crippen LogP contribution in [0.1, 0.15) is 50.2 Å². The Balaban J connectivity index is 1.29. The first kappa shape index (κ1) is 40.4. The predicted molar refractivity (Wildman–Crippen MR) is 205 cm³/mol. The second kappa shape index (κ2) is 20.0. The molecule has 1 aliphatic rings. The van der Waals surface area contributed by atoms with Gasteiger partial charge >= 0.3 is 12.2 Å². The van der Waals surface area contributed by atoms with E-state index in [0.717, 1.165) is 11.1 Å². The highest BCUT2D eigenvalue weighted by Gasteiger charge is 2.51. The summed E-state index contributed by atoms with van der Waals surface area (Å²) < 4.78 is 17.1. The van der Waals surface area contributed by atoms with Crippen molar-refractivity contribution in [1.82, 2.24) is 31.2 Å². The highest BCUT2D eigenvalue weighted by Crippen LogP contribution is 2.32. The fourth-order valence-corrected chi connectivity index (χ4v) is 6.22. The molecule has 55 heavy (non-hydrogen) atoms. The molecule has 0 spiro atoms. The highest BCUT2D eigenvalue weighted by atomic mass is 16.6. The number of hydrogen-bond acceptors (Lipinski definition) is 9. The van der Waals surface area contributed by atoms with Crippen LogP contribution in [0.2, 0.25) is 0 Å². The van der Waals surface area contributed by atoms with Crippen LogP contribution < -0.4 is 21.3 Å². The number of nitrogens with one attached hydrogen (secondary N) is 4. The zero-order valence-corrected chi connectivity index (χ0v) is 31.6. The number of ether oxygens (including phenoxy) is 3. The van der Waals surface area contributed by atoms with Crippen LogP contribution >= 0.6 is 0 Å². The van der Waals surface area contributed by atoms with Crippen molar-refractivity contribution in [3.8, 4) is 0 Å². The second-order valence-corrected chi connectivity index (χ2v) is 14.2. The van der Waals surface area contributed by atoms with Crippen molar-refractivity contribution in [2.75, 3.05) is 0 Å². The van der Waals surface area contributed by atoms with Gasteiger partial charge in [0.1, 0.15) is 37.5 Å². The Morgan fingerprint density at radius 3 is 1.29 bits per heavy atom. The largest absolute Gasteiger partial charge is 0.443 e. The zero-order chi connectivity index (χ0) is 39.2. The number of epoxide rings is 1. The molecule has 0 radical (unpaired) electrons. The predicted octanol–water partition coefficient (Wildman–Crippen LogP) is 4.90. The van der Waals surface area contributed by atoms with Crippen molar-refractivity contribution >= 4 is 24.0 Å². The minimum absolute atomic E-state index is 0.0403. The number of carbonyl (C=O) groups excluding carboxylic acids is 4. The molecular weight excluding hydrogens is 700 g/mol. The van der Waals surface area contributed by atoms with Crippen LogP contribution in [-0.4, -0.2) is 70.3 Å². The molecule has 0 saturated carbocycles. The van der Waals surface area contributed by atoms with Gasteiger partial charge in [-0.05, 0) is 60.1 Å². The molecule has 2 aromatic heterocycles. The van der Waals surface area contributed by atoms with Gasteiger partial charge in [-0.2, -0.15) is 0 Å². The van der Waals surface area contributed by atoms with Gasteiger partial charge in [0, 0.05) is 12.4 Å². The molecule has 0 bridgehead atoms. The van der Waals surface area contributed by atoms with E-state index < -0.39 is 60.4 Å². The molecule has 4 aromatic rings. The summed E-state index contributed by atoms with van der Waals surface area (Å²) in [6.45, 7) is 7.27. The number of aromatic nitrogens is 2. The number of carbonyl (C=O) groups is 4. The van der Waals surface area contributed by atoms with Crippen molar-refractivity contribution in [3.05, 3.63) is 132 Å². The van der Waals surface area contributed by atoms with Crippen molar-refractivity contribution in [2.45, 2.75) is 90.1 Å². The molecular formula is C42H50N6O7. The van der Waals surface area contributed by atoms with E-state index in [2.05, 4.69) is 31.2 Å². The van der Waals surface area contributed by atoms with Crippen LogP contribution in [0.5, 0.6) is 0 Å². The summed E-state index contributed by atoms with van der Waals surface area (Å²) >= 11 is 0. The van der Waals surface area contributed by atoms with E-state index >= 15 is 0 Å². The molecule has 290 valence electrons. The summed E-state index contributed by atoms with van der Waals surface area (Å²) in [7, 11) is 0. The number of benzene rings is 2. The van der Waals surface area contributed by atoms with Crippen LogP contribution in [0.15, 0.2) is 109 Å². The highest BCUT2D eigenvalue weighted by molar-refractivity contribution is 5.87. The smallest absolute Gasteiger partial charge is 0.408 e. The van der Waals surface area contributed by atoms with E-state index in [-0.39, 0.29) is 25.0 Å². The number of nitrogens with zero attached hydrogens (tertiary/aromatic N) is 2. The van der Waals surface area contributed by atoms with Gasteiger partial charge in [-0.1, -0.05) is 100 Å². The van der Waals surface area contributed by atoms with Crippen molar-refractivity contribution in [2.24, 2.45) is 11.8 Å². The molecule has 0 unspecified atom stereocenters. The number of rotatable bonds is 18. The molecule has 4 amide bonds. The summed E-state index contributed by atoms with van der Waals surface area (Å²) in [5.41, 5.74) is 3.11. The Morgan fingerprint density at radius 2 is 0.945 bits per heavy atom. The minimum Gasteiger partial charge on any atom is -0.443 e. The van der Waals surface area contributed by atoms with Crippen molar-refractivity contribution in [3.63, 3.8) is 0 Å². The summed E-state index contributed by atoms with van der Waals surface area (Å²) in [6, 6.07) is 27.2. The maximum absolute atomic E-state index is 13.9. The Kier molecular flexibility index (Phi) is 14.7. The molecule has 1 fully saturated rings. The lowest BCUT2D eigenvalue weighted by molar-refractivity contribution is -0.125. The van der Waals surface area contributed by atoms with Crippen LogP contribution in [0.4, 0.5) is 9.59 Å². The van der Waals surface area contributed by atoms with E-state index in [1.165, 1.54) is 0 Å². The van der Waals surface area contributed by atoms with E-state index in [9.17, 15) is 19.2 Å². The molecule has 2 aromatic carbocycles. The summed E-state index contributed by atoms with van der Waals surface area (Å²) in [5, 5.41) is 11.7. The van der Waals surface area contributed by atoms with Gasteiger partial charge < -0.3 is 35.5 Å². The lowest BCUT2D eigenvalue weighted by atomic mass is 9.94. The van der Waals surface area contributed by atoms with Gasteiger partial charge in [-0.15, -0.1) is 0 Å². The first-order chi connectivity index (χ1) is 26.6. The topological polar surface area (TPSA) is 173 Å². The maximum atomic E-state index is 13.9. The summed E-state index contributed by atoms with van der Waals surface area (Å²) in [4.78, 5) is 61.8. The van der Waals surface area contributed by atoms with E-state index in [1.807, 2.05) is 88.4 Å². The van der Waals surface area contributed by atoms with Gasteiger partial charge in [-0.25, -0.2) is 9.59 Å². The van der Waals surface area contributed by atoms with Gasteiger partial charge in [-0.3, -0.25) is 19.6 Å². The van der Waals surface area contributed by atoms with Gasteiger partial charge in [0.15, 0.2) is 0 Å². The molecule has 13 nitrogen and oxygen atoms in total. The Bertz CT molecular complexity index is 1680. The van der Waals surface area contributed by atoms with Crippen molar-refractivity contribution in [1.29, 1.82) is 0 Å². The average Bonchev–Trinajstić information content (AvgIpc) is 3.99. The quantitative estimate of drug-likeness (QED) is 0.103. The molecule has 13 heteroatoms. The minimum atomic E-state index is -0.901. The van der Waals surface area contributed by atoms with Crippen LogP contribution in [0, 0.1) is 11.8 Å². The number of pyridine rings is 2. The standard InChI is InChI=1S/C42H50N6O7/c1-27(2)35(47-41(51)53-25-31-19-11-13-21-43-31)39(49)45-33(23-29-15-7-5-8-16-29)37-38(55-37)34(24-30-17-9-6-10-18-30)46-40(50)36(28(3)4)48-42(52)54-26-32-20-12-14-22-44-32/h5-22,27-28,33-38H,23-26H2,1-4H3,(H,45,49)(H,46,50)(H,47,51)(H,48,52)/t33-,34-,35-,36-,37-,38+/m0/s1. The SMILES string of the molecule is CC(C)[C@H](NC(=O)OCc1ccccn1)C(=O)N[C@@H](Cc1ccccc1)[C@@H]1O[C@@H]1[C@H](Cc1ccccc1)NC(=O)[C@@H](NC(=O)OCc1ccccn1)C(C)C. The molecule has 4 N–H and O–H groups in total. The summed E-state index contributed by atoms with van der Waals surface area (Å²) in [6.07, 6.45) is 1.67. The number of amides is 4. The molecule has 1 saturated heterocycles. The van der Waals surface area contributed by atoms with E-state index in [4.69, 9.17) is 14.2 Å². The van der Waals surface area contributed by atoms with Crippen molar-refractivity contribution < 1.29 is 33.4 Å². The molecule has 5 rings (SSSR count). The van der Waals surface area contributed by atoms with Crippen LogP contribution in [-0.2, 0) is 49.9 Å². The normalized spacial score (nSPS) is 16.9. The lowest BCUT2D eigenvalue weighted by Crippen LogP contribution is -2.55. The Morgan fingerprint density at radius 1 is 0.564 bits per heavy atom. The monoisotopic (exact) mass is 750 g/mol. The van der Waals surface area contributed by atoms with Crippen LogP contribution in [0.3, 0.4) is 0 Å². The fraction of sp³-hybridized carbons (Fsp3) is 0.381. The number of alkyl carbamates (subject to hydrolysis) is 2. The van der Waals surface area contributed by atoms with Gasteiger partial charge in [0.05, 0.1) is 23.5 Å².